The Labute approximate surface area is 168 Å². The van der Waals surface area contributed by atoms with Crippen LogP contribution in [0.4, 0.5) is 0 Å². The van der Waals surface area contributed by atoms with Gasteiger partial charge in [0.05, 0.1) is 5.71 Å². The number of hydrogen-bond acceptors (Lipinski definition) is 3. The number of carbonyl (C=O) groups excluding carboxylic acids is 1. The van der Waals surface area contributed by atoms with Crippen molar-refractivity contribution in [2.75, 3.05) is 6.54 Å². The zero-order valence-corrected chi connectivity index (χ0v) is 17.1. The van der Waals surface area contributed by atoms with Gasteiger partial charge >= 0.3 is 0 Å². The molecule has 1 N–H and O–H groups in total. The molecular formula is C22H33ClN2O2. The van der Waals surface area contributed by atoms with Crippen molar-refractivity contribution in [3.8, 4) is 0 Å². The van der Waals surface area contributed by atoms with Crippen LogP contribution in [0.5, 0.6) is 0 Å². The summed E-state index contributed by atoms with van der Waals surface area (Å²) in [7, 11) is 0. The maximum absolute atomic E-state index is 11.8. The van der Waals surface area contributed by atoms with Gasteiger partial charge in [0.25, 0.3) is 0 Å². The zero-order chi connectivity index (χ0) is 19.2. The molecule has 4 nitrogen and oxygen atoms in total. The van der Waals surface area contributed by atoms with Gasteiger partial charge in [-0.05, 0) is 49.8 Å². The summed E-state index contributed by atoms with van der Waals surface area (Å²) >= 11 is 5.91. The Balaban J connectivity index is 1.81. The van der Waals surface area contributed by atoms with Crippen LogP contribution in [0.25, 0.3) is 0 Å². The van der Waals surface area contributed by atoms with Crippen molar-refractivity contribution < 1.29 is 9.63 Å². The molecule has 0 radical (unpaired) electrons. The third kappa shape index (κ3) is 10.4. The monoisotopic (exact) mass is 392 g/mol. The van der Waals surface area contributed by atoms with Gasteiger partial charge in [-0.2, -0.15) is 0 Å². The number of benzene rings is 1. The minimum atomic E-state index is 0.180. The van der Waals surface area contributed by atoms with Gasteiger partial charge in [0.15, 0.2) is 0 Å². The van der Waals surface area contributed by atoms with Crippen LogP contribution in [0.3, 0.4) is 0 Å². The average Bonchev–Trinajstić information content (AvgIpc) is 2.66. The van der Waals surface area contributed by atoms with E-state index in [0.717, 1.165) is 54.9 Å². The summed E-state index contributed by atoms with van der Waals surface area (Å²) in [6.45, 7) is 1.17. The first-order valence-corrected chi connectivity index (χ1v) is 10.8. The molecule has 0 bridgehead atoms. The third-order valence-corrected chi connectivity index (χ3v) is 5.17. The number of hydrogen-bond donors (Lipinski definition) is 1. The number of oxime groups is 1. The van der Waals surface area contributed by atoms with Crippen molar-refractivity contribution in [1.82, 2.24) is 5.32 Å². The Kier molecular flexibility index (Phi) is 10.9. The van der Waals surface area contributed by atoms with E-state index in [1.54, 1.807) is 0 Å². The van der Waals surface area contributed by atoms with E-state index < -0.39 is 0 Å². The van der Waals surface area contributed by atoms with Crippen molar-refractivity contribution in [3.63, 3.8) is 0 Å². The van der Waals surface area contributed by atoms with Gasteiger partial charge in [-0.15, -0.1) is 0 Å². The molecule has 1 aromatic carbocycles. The fourth-order valence-electron chi connectivity index (χ4n) is 3.28. The number of amides is 1. The summed E-state index contributed by atoms with van der Waals surface area (Å²) in [4.78, 5) is 17.4. The van der Waals surface area contributed by atoms with E-state index in [0.29, 0.717) is 13.0 Å². The lowest BCUT2D eigenvalue weighted by atomic mass is 10.0. The summed E-state index contributed by atoms with van der Waals surface area (Å²) < 4.78 is 0. The molecule has 2 rings (SSSR count). The maximum atomic E-state index is 11.8. The lowest BCUT2D eigenvalue weighted by Crippen LogP contribution is -2.24. The second kappa shape index (κ2) is 13.6. The van der Waals surface area contributed by atoms with Crippen molar-refractivity contribution in [3.05, 3.63) is 34.9 Å². The normalized spacial score (nSPS) is 20.2. The van der Waals surface area contributed by atoms with Gasteiger partial charge in [0.2, 0.25) is 5.91 Å². The van der Waals surface area contributed by atoms with E-state index in [9.17, 15) is 4.79 Å². The van der Waals surface area contributed by atoms with Crippen LogP contribution in [0.15, 0.2) is 29.4 Å². The highest BCUT2D eigenvalue weighted by Crippen LogP contribution is 2.14. The fraction of sp³-hybridized carbons (Fsp3) is 0.636. The molecule has 1 aromatic rings. The average molecular weight is 393 g/mol. The van der Waals surface area contributed by atoms with E-state index in [1.807, 2.05) is 24.3 Å². The standard InChI is InChI=1S/C22H33ClN2O2/c23-20-15-13-19(14-16-20)18-27-25-21-10-7-5-3-1-2-4-6-8-12-22(26)24-17-9-11-21/h13-16H,1-12,17-18H2,(H,24,26)/b25-21+. The number of rotatable bonds is 3. The van der Waals surface area contributed by atoms with Crippen LogP contribution in [-0.2, 0) is 16.2 Å². The van der Waals surface area contributed by atoms with Crippen LogP contribution >= 0.6 is 11.6 Å². The van der Waals surface area contributed by atoms with Crippen molar-refractivity contribution in [2.24, 2.45) is 5.16 Å². The molecule has 1 amide bonds. The second-order valence-corrected chi connectivity index (χ2v) is 7.78. The molecule has 0 spiro atoms. The number of halogens is 1. The maximum Gasteiger partial charge on any atom is 0.219 e. The molecule has 5 heteroatoms. The molecule has 0 unspecified atom stereocenters. The minimum absolute atomic E-state index is 0.180. The SMILES string of the molecule is O=C1CCCCCCCCCC/C(=N\OCc2ccc(Cl)cc2)CCCN1. The largest absolute Gasteiger partial charge is 0.391 e. The molecule has 1 aliphatic rings. The van der Waals surface area contributed by atoms with E-state index >= 15 is 0 Å². The molecule has 27 heavy (non-hydrogen) atoms. The van der Waals surface area contributed by atoms with Crippen molar-refractivity contribution in [2.45, 2.75) is 83.7 Å². The minimum Gasteiger partial charge on any atom is -0.391 e. The van der Waals surface area contributed by atoms with E-state index in [4.69, 9.17) is 16.4 Å². The first kappa shape index (κ1) is 21.7. The molecule has 1 aliphatic heterocycles. The van der Waals surface area contributed by atoms with Gasteiger partial charge in [-0.3, -0.25) is 4.79 Å². The second-order valence-electron chi connectivity index (χ2n) is 7.34. The molecule has 150 valence electrons. The quantitative estimate of drug-likeness (QED) is 0.639. The summed E-state index contributed by atoms with van der Waals surface area (Å²) in [5, 5.41) is 8.15. The van der Waals surface area contributed by atoms with Crippen LogP contribution in [0.1, 0.15) is 82.6 Å². The highest BCUT2D eigenvalue weighted by molar-refractivity contribution is 6.30. The van der Waals surface area contributed by atoms with E-state index in [1.165, 1.54) is 38.5 Å². The molecule has 0 saturated carbocycles. The summed E-state index contributed by atoms with van der Waals surface area (Å²) in [5.41, 5.74) is 2.16. The Morgan fingerprint density at radius 2 is 1.44 bits per heavy atom. The Morgan fingerprint density at radius 1 is 0.852 bits per heavy atom. The Bertz CT molecular complexity index is 572. The first-order valence-electron chi connectivity index (χ1n) is 10.4. The fourth-order valence-corrected chi connectivity index (χ4v) is 3.40. The van der Waals surface area contributed by atoms with E-state index in [-0.39, 0.29) is 5.91 Å². The molecule has 1 saturated heterocycles. The summed E-state index contributed by atoms with van der Waals surface area (Å²) in [6, 6.07) is 7.64. The molecular weight excluding hydrogens is 360 g/mol. The van der Waals surface area contributed by atoms with Gasteiger partial charge < -0.3 is 10.2 Å². The van der Waals surface area contributed by atoms with Gasteiger partial charge in [-0.25, -0.2) is 0 Å². The topological polar surface area (TPSA) is 50.7 Å². The summed E-state index contributed by atoms with van der Waals surface area (Å²) in [6.07, 6.45) is 13.2. The Hall–Kier alpha value is -1.55. The summed E-state index contributed by atoms with van der Waals surface area (Å²) in [5.74, 6) is 0.180. The van der Waals surface area contributed by atoms with Crippen LogP contribution in [0, 0.1) is 0 Å². The number of nitrogens with zero attached hydrogens (tertiary/aromatic N) is 1. The van der Waals surface area contributed by atoms with Gasteiger partial charge in [-0.1, -0.05) is 67.4 Å². The molecule has 1 heterocycles. The van der Waals surface area contributed by atoms with Crippen molar-refractivity contribution in [1.29, 1.82) is 0 Å². The molecule has 0 aliphatic carbocycles. The smallest absolute Gasteiger partial charge is 0.219 e. The molecule has 1 fully saturated rings. The zero-order valence-electron chi connectivity index (χ0n) is 16.4. The molecule has 0 atom stereocenters. The van der Waals surface area contributed by atoms with Gasteiger partial charge in [0, 0.05) is 18.0 Å². The van der Waals surface area contributed by atoms with Crippen LogP contribution < -0.4 is 5.32 Å². The van der Waals surface area contributed by atoms with Crippen LogP contribution in [-0.4, -0.2) is 18.2 Å². The highest BCUT2D eigenvalue weighted by Gasteiger charge is 2.05. The third-order valence-electron chi connectivity index (χ3n) is 4.92. The lowest BCUT2D eigenvalue weighted by Gasteiger charge is -2.10. The predicted octanol–water partition coefficient (Wildman–Crippen LogP) is 6.02. The van der Waals surface area contributed by atoms with Gasteiger partial charge in [0.1, 0.15) is 6.61 Å². The lowest BCUT2D eigenvalue weighted by molar-refractivity contribution is -0.121. The van der Waals surface area contributed by atoms with Crippen LogP contribution in [0.2, 0.25) is 5.02 Å². The Morgan fingerprint density at radius 3 is 2.15 bits per heavy atom. The highest BCUT2D eigenvalue weighted by atomic mass is 35.5. The number of nitrogens with one attached hydrogen (secondary N) is 1. The molecule has 0 aromatic heterocycles. The first-order chi connectivity index (χ1) is 13.2. The number of carbonyl (C=O) groups is 1. The predicted molar refractivity (Wildman–Crippen MR) is 112 cm³/mol. The van der Waals surface area contributed by atoms with E-state index in [2.05, 4.69) is 10.5 Å². The van der Waals surface area contributed by atoms with Crippen molar-refractivity contribution >= 4 is 23.2 Å².